The van der Waals surface area contributed by atoms with Crippen molar-refractivity contribution in [3.05, 3.63) is 87.7 Å². The Hall–Kier alpha value is -4.14. The first-order valence-corrected chi connectivity index (χ1v) is 18.3. The number of amides is 4. The molecular formula is C36H42Cl2N8O4S. The molecule has 4 aromatic rings. The highest BCUT2D eigenvalue weighted by Gasteiger charge is 2.34. The van der Waals surface area contributed by atoms with Crippen LogP contribution in [0, 0.1) is 0 Å². The smallest absolute Gasteiger partial charge is 0.245 e. The standard InChI is InChI=1S/C36H42Cl2N8O4S/c1-46-30(16-22-19-42-27-9-3-2-8-25(22)27)34(49)44-20-23-15-24(37)17-26(38)32(23)51-35-21(7-6-14-41-35)18-43-28(11-12-31(40)47)33(48)45-29(36(46)50)10-4-5-13-39/h2-3,6-9,14-15,17,19,28-30,42-43H,4-5,10-13,16,18,20,39H2,1H3,(H2,40,47)(H,44,49)(H,45,48). The predicted molar refractivity (Wildman–Crippen MR) is 199 cm³/mol. The number of carbonyl (C=O) groups is 4. The summed E-state index contributed by atoms with van der Waals surface area (Å²) in [5.74, 6) is -1.87. The number of hydrogen-bond donors (Lipinski definition) is 6. The summed E-state index contributed by atoms with van der Waals surface area (Å²) in [6, 6.07) is 11.9. The first kappa shape index (κ1) is 38.1. The Labute approximate surface area is 310 Å². The number of para-hydroxylation sites is 1. The summed E-state index contributed by atoms with van der Waals surface area (Å²) in [6.07, 6.45) is 5.23. The molecule has 4 amide bonds. The molecule has 5 rings (SSSR count). The Morgan fingerprint density at radius 1 is 1.00 bits per heavy atom. The molecule has 2 aromatic heterocycles. The zero-order valence-corrected chi connectivity index (χ0v) is 30.5. The summed E-state index contributed by atoms with van der Waals surface area (Å²) in [5.41, 5.74) is 14.4. The minimum atomic E-state index is -0.969. The second-order valence-electron chi connectivity index (χ2n) is 12.5. The van der Waals surface area contributed by atoms with Crippen molar-refractivity contribution in [2.75, 3.05) is 13.6 Å². The molecule has 51 heavy (non-hydrogen) atoms. The number of H-pyrrole nitrogens is 1. The Morgan fingerprint density at radius 3 is 2.59 bits per heavy atom. The van der Waals surface area contributed by atoms with Gasteiger partial charge in [0, 0.05) is 66.2 Å². The van der Waals surface area contributed by atoms with E-state index in [9.17, 15) is 19.2 Å². The molecule has 0 fully saturated rings. The fourth-order valence-electron chi connectivity index (χ4n) is 6.09. The minimum Gasteiger partial charge on any atom is -0.370 e. The second kappa shape index (κ2) is 17.9. The number of unbranched alkanes of at least 4 members (excludes halogenated alkanes) is 1. The summed E-state index contributed by atoms with van der Waals surface area (Å²) in [5, 5.41) is 11.5. The highest BCUT2D eigenvalue weighted by atomic mass is 35.5. The van der Waals surface area contributed by atoms with E-state index in [1.54, 1.807) is 31.4 Å². The molecule has 1 aliphatic rings. The maximum atomic E-state index is 14.4. The normalized spacial score (nSPS) is 19.2. The first-order chi connectivity index (χ1) is 24.5. The number of benzene rings is 2. The Bertz CT molecular complexity index is 1890. The monoisotopic (exact) mass is 752 g/mol. The number of hydrogen-bond acceptors (Lipinski definition) is 8. The van der Waals surface area contributed by atoms with Gasteiger partial charge < -0.3 is 37.3 Å². The number of aromatic nitrogens is 2. The number of primary amides is 1. The van der Waals surface area contributed by atoms with Crippen LogP contribution in [-0.2, 0) is 38.7 Å². The fraction of sp³-hybridized carbons (Fsp3) is 0.361. The van der Waals surface area contributed by atoms with Crippen molar-refractivity contribution in [1.29, 1.82) is 0 Å². The number of carbonyl (C=O) groups excluding carboxylic acids is 4. The number of nitrogens with two attached hydrogens (primary N) is 2. The van der Waals surface area contributed by atoms with Crippen molar-refractivity contribution >= 4 is 69.5 Å². The highest BCUT2D eigenvalue weighted by Crippen LogP contribution is 2.38. The van der Waals surface area contributed by atoms with Gasteiger partial charge in [0.25, 0.3) is 0 Å². The molecule has 0 saturated heterocycles. The highest BCUT2D eigenvalue weighted by molar-refractivity contribution is 7.99. The van der Waals surface area contributed by atoms with Crippen LogP contribution in [0.4, 0.5) is 0 Å². The van der Waals surface area contributed by atoms with Gasteiger partial charge in [0.05, 0.1) is 11.1 Å². The van der Waals surface area contributed by atoms with Crippen LogP contribution in [0.5, 0.6) is 0 Å². The molecular weight excluding hydrogens is 711 g/mol. The average molecular weight is 754 g/mol. The molecule has 1 aliphatic heterocycles. The maximum Gasteiger partial charge on any atom is 0.245 e. The summed E-state index contributed by atoms with van der Waals surface area (Å²) in [6.45, 7) is 0.697. The molecule has 0 spiro atoms. The molecule has 8 N–H and O–H groups in total. The zero-order chi connectivity index (χ0) is 36.5. The second-order valence-corrected chi connectivity index (χ2v) is 14.3. The molecule has 0 saturated carbocycles. The van der Waals surface area contributed by atoms with Crippen LogP contribution in [-0.4, -0.2) is 70.2 Å². The Morgan fingerprint density at radius 2 is 1.80 bits per heavy atom. The van der Waals surface area contributed by atoms with Gasteiger partial charge in [-0.05, 0) is 73.2 Å². The third-order valence-electron chi connectivity index (χ3n) is 8.89. The Balaban J connectivity index is 1.58. The molecule has 3 heterocycles. The van der Waals surface area contributed by atoms with Crippen LogP contribution < -0.4 is 27.4 Å². The van der Waals surface area contributed by atoms with Gasteiger partial charge in [0.1, 0.15) is 17.1 Å². The molecule has 0 bridgehead atoms. The third kappa shape index (κ3) is 9.80. The van der Waals surface area contributed by atoms with Crippen molar-refractivity contribution in [3.8, 4) is 0 Å². The molecule has 3 unspecified atom stereocenters. The number of nitrogens with one attached hydrogen (secondary N) is 4. The summed E-state index contributed by atoms with van der Waals surface area (Å²) >= 11 is 14.5. The Kier molecular flexibility index (Phi) is 13.4. The summed E-state index contributed by atoms with van der Waals surface area (Å²) in [7, 11) is 1.57. The van der Waals surface area contributed by atoms with Gasteiger partial charge in [-0.3, -0.25) is 19.2 Å². The van der Waals surface area contributed by atoms with Crippen LogP contribution in [0.1, 0.15) is 48.8 Å². The van der Waals surface area contributed by atoms with Gasteiger partial charge in [-0.1, -0.05) is 59.2 Å². The zero-order valence-electron chi connectivity index (χ0n) is 28.2. The van der Waals surface area contributed by atoms with E-state index in [1.807, 2.05) is 36.5 Å². The largest absolute Gasteiger partial charge is 0.370 e. The summed E-state index contributed by atoms with van der Waals surface area (Å²) < 4.78 is 0. The molecule has 0 radical (unpaired) electrons. The van der Waals surface area contributed by atoms with E-state index in [1.165, 1.54) is 16.7 Å². The van der Waals surface area contributed by atoms with Gasteiger partial charge in [-0.25, -0.2) is 4.98 Å². The lowest BCUT2D eigenvalue weighted by atomic mass is 10.0. The number of fused-ring (bicyclic) bond motifs is 3. The molecule has 2 aromatic carbocycles. The number of rotatable bonds is 9. The number of halogens is 2. The number of nitrogens with zero attached hydrogens (tertiary/aromatic N) is 2. The van der Waals surface area contributed by atoms with Crippen LogP contribution >= 0.6 is 35.0 Å². The van der Waals surface area contributed by atoms with E-state index >= 15 is 0 Å². The van der Waals surface area contributed by atoms with Crippen molar-refractivity contribution in [1.82, 2.24) is 30.8 Å². The van der Waals surface area contributed by atoms with Gasteiger partial charge in [-0.2, -0.15) is 0 Å². The van der Waals surface area contributed by atoms with E-state index in [4.69, 9.17) is 34.7 Å². The molecule has 270 valence electrons. The molecule has 0 aliphatic carbocycles. The maximum absolute atomic E-state index is 14.4. The molecule has 12 nitrogen and oxygen atoms in total. The van der Waals surface area contributed by atoms with Crippen LogP contribution in [0.15, 0.2) is 70.8 Å². The number of pyridine rings is 1. The minimum absolute atomic E-state index is 0.0535. The first-order valence-electron chi connectivity index (χ1n) is 16.8. The van der Waals surface area contributed by atoms with Crippen molar-refractivity contribution in [2.45, 2.75) is 79.7 Å². The van der Waals surface area contributed by atoms with E-state index in [0.29, 0.717) is 51.3 Å². The SMILES string of the molecule is CN1C(=O)C(CCCCN)NC(=O)C(CCC(N)=O)NCc2cccnc2Sc2c(Cl)cc(Cl)cc2CNC(=O)C1Cc1c[nH]c2ccccc12. The lowest BCUT2D eigenvalue weighted by Gasteiger charge is -2.32. The van der Waals surface area contributed by atoms with Gasteiger partial charge in [0.2, 0.25) is 23.6 Å². The van der Waals surface area contributed by atoms with E-state index in [2.05, 4.69) is 25.9 Å². The lowest BCUT2D eigenvalue weighted by Crippen LogP contribution is -2.57. The van der Waals surface area contributed by atoms with E-state index in [-0.39, 0.29) is 32.4 Å². The quantitative estimate of drug-likeness (QED) is 0.138. The fourth-order valence-corrected chi connectivity index (χ4v) is 7.74. The van der Waals surface area contributed by atoms with Crippen molar-refractivity contribution in [3.63, 3.8) is 0 Å². The topological polar surface area (TPSA) is 188 Å². The number of aromatic amines is 1. The molecule has 15 heteroatoms. The van der Waals surface area contributed by atoms with Gasteiger partial charge >= 0.3 is 0 Å². The van der Waals surface area contributed by atoms with Crippen LogP contribution in [0.2, 0.25) is 10.0 Å². The van der Waals surface area contributed by atoms with Gasteiger partial charge in [-0.15, -0.1) is 0 Å². The molecule has 3 atom stereocenters. The van der Waals surface area contributed by atoms with Crippen LogP contribution in [0.25, 0.3) is 10.9 Å². The lowest BCUT2D eigenvalue weighted by molar-refractivity contribution is -0.142. The summed E-state index contributed by atoms with van der Waals surface area (Å²) in [4.78, 5) is 64.2. The van der Waals surface area contributed by atoms with Gasteiger partial charge in [0.15, 0.2) is 0 Å². The van der Waals surface area contributed by atoms with E-state index < -0.39 is 41.8 Å². The average Bonchev–Trinajstić information content (AvgIpc) is 3.52. The van der Waals surface area contributed by atoms with Crippen molar-refractivity contribution < 1.29 is 19.2 Å². The van der Waals surface area contributed by atoms with Crippen molar-refractivity contribution in [2.24, 2.45) is 11.5 Å². The third-order valence-corrected chi connectivity index (χ3v) is 10.8. The predicted octanol–water partition coefficient (Wildman–Crippen LogP) is 4.06. The van der Waals surface area contributed by atoms with E-state index in [0.717, 1.165) is 22.0 Å². The van der Waals surface area contributed by atoms with Crippen LogP contribution in [0.3, 0.4) is 0 Å². The number of likely N-dealkylation sites (N-methyl/N-ethyl adjacent to an activating group) is 1.